The second kappa shape index (κ2) is 9.31. The van der Waals surface area contributed by atoms with Gasteiger partial charge in [-0.3, -0.25) is 9.69 Å². The van der Waals surface area contributed by atoms with Crippen molar-refractivity contribution in [2.75, 3.05) is 31.6 Å². The highest BCUT2D eigenvalue weighted by atomic mass is 16.5. The molecule has 162 valence electrons. The molecule has 7 heteroatoms. The number of anilines is 1. The average Bonchev–Trinajstić information content (AvgIpc) is 3.41. The molecule has 0 aliphatic carbocycles. The van der Waals surface area contributed by atoms with E-state index >= 15 is 0 Å². The quantitative estimate of drug-likeness (QED) is 0.611. The fraction of sp³-hybridized carbons (Fsp3) is 0.375. The molecule has 7 nitrogen and oxygen atoms in total. The van der Waals surface area contributed by atoms with E-state index in [1.165, 1.54) is 19.1 Å². The van der Waals surface area contributed by atoms with Crippen LogP contribution in [0, 0.1) is 20.8 Å². The van der Waals surface area contributed by atoms with Gasteiger partial charge >= 0.3 is 0 Å². The summed E-state index contributed by atoms with van der Waals surface area (Å²) in [5.74, 6) is 1.24. The van der Waals surface area contributed by atoms with Crippen molar-refractivity contribution in [2.45, 2.75) is 33.6 Å². The van der Waals surface area contributed by atoms with Crippen LogP contribution in [0.15, 0.2) is 41.3 Å². The molecule has 1 aliphatic rings. The van der Waals surface area contributed by atoms with Crippen LogP contribution in [0.25, 0.3) is 11.1 Å². The van der Waals surface area contributed by atoms with Crippen molar-refractivity contribution in [3.8, 4) is 16.9 Å². The van der Waals surface area contributed by atoms with Gasteiger partial charge in [-0.2, -0.15) is 0 Å². The van der Waals surface area contributed by atoms with Crippen LogP contribution in [-0.4, -0.2) is 47.0 Å². The van der Waals surface area contributed by atoms with Crippen LogP contribution in [0.5, 0.6) is 5.75 Å². The first kappa shape index (κ1) is 21.1. The van der Waals surface area contributed by atoms with E-state index in [0.29, 0.717) is 23.6 Å². The lowest BCUT2D eigenvalue weighted by molar-refractivity contribution is 0.102. The van der Waals surface area contributed by atoms with E-state index in [1.54, 1.807) is 12.4 Å². The van der Waals surface area contributed by atoms with Gasteiger partial charge in [0.2, 0.25) is 0 Å². The number of rotatable bonds is 7. The number of nitrogens with one attached hydrogen (secondary N) is 1. The van der Waals surface area contributed by atoms with E-state index < -0.39 is 0 Å². The first-order valence-electron chi connectivity index (χ1n) is 10.7. The third-order valence-corrected chi connectivity index (χ3v) is 5.59. The van der Waals surface area contributed by atoms with Crippen molar-refractivity contribution < 1.29 is 13.9 Å². The molecule has 0 saturated carbocycles. The van der Waals surface area contributed by atoms with E-state index in [1.807, 2.05) is 39.0 Å². The smallest absolute Gasteiger partial charge is 0.258 e. The van der Waals surface area contributed by atoms with Crippen LogP contribution < -0.4 is 10.1 Å². The Balaban J connectivity index is 1.60. The molecule has 1 aromatic carbocycles. The van der Waals surface area contributed by atoms with Gasteiger partial charge in [-0.1, -0.05) is 0 Å². The van der Waals surface area contributed by atoms with E-state index in [4.69, 9.17) is 9.15 Å². The number of benzene rings is 1. The van der Waals surface area contributed by atoms with E-state index in [-0.39, 0.29) is 5.91 Å². The highest BCUT2D eigenvalue weighted by Crippen LogP contribution is 2.35. The van der Waals surface area contributed by atoms with Gasteiger partial charge in [0, 0.05) is 34.7 Å². The highest BCUT2D eigenvalue weighted by Gasteiger charge is 2.17. The summed E-state index contributed by atoms with van der Waals surface area (Å²) in [7, 11) is 0. The molecule has 2 aromatic heterocycles. The van der Waals surface area contributed by atoms with Gasteiger partial charge in [0.1, 0.15) is 30.7 Å². The van der Waals surface area contributed by atoms with Gasteiger partial charge in [-0.15, -0.1) is 0 Å². The molecular weight excluding hydrogens is 392 g/mol. The van der Waals surface area contributed by atoms with Gasteiger partial charge in [0.25, 0.3) is 5.91 Å². The summed E-state index contributed by atoms with van der Waals surface area (Å²) >= 11 is 0. The van der Waals surface area contributed by atoms with Crippen molar-refractivity contribution in [3.63, 3.8) is 0 Å². The second-order valence-corrected chi connectivity index (χ2v) is 7.93. The molecule has 1 saturated heterocycles. The molecule has 1 fully saturated rings. The number of hydrogen-bond acceptors (Lipinski definition) is 6. The van der Waals surface area contributed by atoms with E-state index in [2.05, 4.69) is 20.2 Å². The zero-order valence-electron chi connectivity index (χ0n) is 18.3. The fourth-order valence-corrected chi connectivity index (χ4v) is 3.97. The monoisotopic (exact) mass is 420 g/mol. The van der Waals surface area contributed by atoms with Gasteiger partial charge in [-0.25, -0.2) is 9.97 Å². The molecule has 4 rings (SSSR count). The Hall–Kier alpha value is -3.19. The largest absolute Gasteiger partial charge is 0.492 e. The van der Waals surface area contributed by atoms with E-state index in [9.17, 15) is 4.79 Å². The summed E-state index contributed by atoms with van der Waals surface area (Å²) in [6, 6.07) is 7.40. The lowest BCUT2D eigenvalue weighted by Gasteiger charge is -2.18. The van der Waals surface area contributed by atoms with Crippen molar-refractivity contribution in [1.29, 1.82) is 0 Å². The number of aryl methyl sites for hydroxylation is 3. The number of carbonyl (C=O) groups is 1. The number of hydrogen-bond donors (Lipinski definition) is 1. The molecule has 1 aliphatic heterocycles. The van der Waals surface area contributed by atoms with Crippen LogP contribution in [0.3, 0.4) is 0 Å². The summed E-state index contributed by atoms with van der Waals surface area (Å²) < 4.78 is 11.4. The number of nitrogens with zero attached hydrogens (tertiary/aromatic N) is 3. The third-order valence-electron chi connectivity index (χ3n) is 5.59. The maximum atomic E-state index is 12.6. The Morgan fingerprint density at radius 2 is 1.87 bits per heavy atom. The average molecular weight is 421 g/mol. The number of amides is 1. The van der Waals surface area contributed by atoms with Crippen LogP contribution in [0.1, 0.15) is 40.3 Å². The predicted octanol–water partition coefficient (Wildman–Crippen LogP) is 4.39. The molecule has 0 atom stereocenters. The normalized spacial score (nSPS) is 14.0. The van der Waals surface area contributed by atoms with Crippen LogP contribution in [0.2, 0.25) is 0 Å². The number of likely N-dealkylation sites (tertiary alicyclic amines) is 1. The minimum Gasteiger partial charge on any atom is -0.492 e. The highest BCUT2D eigenvalue weighted by molar-refractivity contribution is 6.04. The van der Waals surface area contributed by atoms with Crippen LogP contribution >= 0.6 is 0 Å². The van der Waals surface area contributed by atoms with Crippen LogP contribution in [-0.2, 0) is 0 Å². The van der Waals surface area contributed by atoms with E-state index in [0.717, 1.165) is 47.9 Å². The Kier molecular flexibility index (Phi) is 6.32. The SMILES string of the molecule is Cc1cc(C(=O)Nc2ccc(OCCN3CCCC3)c(-c3c(C)ncnc3C)c2)co1. The molecular formula is C24H28N4O3. The third kappa shape index (κ3) is 4.94. The van der Waals surface area contributed by atoms with Crippen LogP contribution in [0.4, 0.5) is 5.69 Å². The minimum atomic E-state index is -0.219. The number of furan rings is 1. The Labute approximate surface area is 182 Å². The Morgan fingerprint density at radius 1 is 1.13 bits per heavy atom. The summed E-state index contributed by atoms with van der Waals surface area (Å²) in [6.07, 6.45) is 5.54. The molecule has 0 spiro atoms. The fourth-order valence-electron chi connectivity index (χ4n) is 3.97. The van der Waals surface area contributed by atoms with Crippen molar-refractivity contribution in [2.24, 2.45) is 0 Å². The maximum Gasteiger partial charge on any atom is 0.258 e. The van der Waals surface area contributed by atoms with Gasteiger partial charge in [0.05, 0.1) is 5.56 Å². The Morgan fingerprint density at radius 3 is 2.55 bits per heavy atom. The summed E-state index contributed by atoms with van der Waals surface area (Å²) in [5, 5.41) is 2.95. The maximum absolute atomic E-state index is 12.6. The van der Waals surface area contributed by atoms with Crippen molar-refractivity contribution in [3.05, 3.63) is 59.6 Å². The lowest BCUT2D eigenvalue weighted by atomic mass is 10.0. The number of aromatic nitrogens is 2. The molecule has 31 heavy (non-hydrogen) atoms. The summed E-state index contributed by atoms with van der Waals surface area (Å²) in [5.41, 5.74) is 4.69. The molecule has 0 unspecified atom stereocenters. The molecule has 1 N–H and O–H groups in total. The van der Waals surface area contributed by atoms with Crippen molar-refractivity contribution >= 4 is 11.6 Å². The zero-order chi connectivity index (χ0) is 21.8. The molecule has 3 aromatic rings. The minimum absolute atomic E-state index is 0.219. The second-order valence-electron chi connectivity index (χ2n) is 7.93. The Bertz CT molecular complexity index is 1050. The number of carbonyl (C=O) groups excluding carboxylic acids is 1. The predicted molar refractivity (Wildman–Crippen MR) is 120 cm³/mol. The van der Waals surface area contributed by atoms with Gasteiger partial charge in [-0.05, 0) is 71.0 Å². The first-order valence-corrected chi connectivity index (χ1v) is 10.7. The standard InChI is InChI=1S/C24H28N4O3/c1-16-12-19(14-31-16)24(29)27-20-6-7-22(30-11-10-28-8-4-5-9-28)21(13-20)23-17(2)25-15-26-18(23)3/h6-7,12-15H,4-5,8-11H2,1-3H3,(H,27,29). The summed E-state index contributed by atoms with van der Waals surface area (Å²) in [4.78, 5) is 23.7. The molecule has 3 heterocycles. The van der Waals surface area contributed by atoms with Gasteiger partial charge < -0.3 is 14.5 Å². The zero-order valence-corrected chi connectivity index (χ0v) is 18.3. The summed E-state index contributed by atoms with van der Waals surface area (Å²) in [6.45, 7) is 9.51. The lowest BCUT2D eigenvalue weighted by Crippen LogP contribution is -2.25. The topological polar surface area (TPSA) is 80.5 Å². The number of ether oxygens (including phenoxy) is 1. The molecule has 0 bridgehead atoms. The molecule has 0 radical (unpaired) electrons. The molecule has 1 amide bonds. The van der Waals surface area contributed by atoms with Gasteiger partial charge in [0.15, 0.2) is 0 Å². The van der Waals surface area contributed by atoms with Crippen molar-refractivity contribution in [1.82, 2.24) is 14.9 Å². The first-order chi connectivity index (χ1) is 15.0.